The molecule has 5 nitrogen and oxygen atoms in total. The Morgan fingerprint density at radius 1 is 1.71 bits per heavy atom. The van der Waals surface area contributed by atoms with E-state index in [2.05, 4.69) is 21.2 Å². The maximum atomic E-state index is 11.6. The summed E-state index contributed by atoms with van der Waals surface area (Å²) in [5.41, 5.74) is 6.38. The van der Waals surface area contributed by atoms with Gasteiger partial charge in [0.2, 0.25) is 5.91 Å². The first-order valence-corrected chi connectivity index (χ1v) is 5.62. The molecule has 1 atom stereocenters. The maximum absolute atomic E-state index is 11.6. The maximum Gasteiger partial charge on any atom is 0.243 e. The number of benzene rings is 1. The van der Waals surface area contributed by atoms with Crippen LogP contribution in [-0.4, -0.2) is 25.7 Å². The molecule has 1 aromatic rings. The zero-order chi connectivity index (χ0) is 12.8. The lowest BCUT2D eigenvalue weighted by Crippen LogP contribution is -2.39. The van der Waals surface area contributed by atoms with Gasteiger partial charge in [0.25, 0.3) is 0 Å². The SMILES string of the molecule is COCC(N)C(=O)Nc1ccc(Br)cc1C#N. The summed E-state index contributed by atoms with van der Waals surface area (Å²) < 4.78 is 5.55. The number of carbonyl (C=O) groups is 1. The molecule has 0 spiro atoms. The summed E-state index contributed by atoms with van der Waals surface area (Å²) in [6, 6.07) is 6.24. The van der Waals surface area contributed by atoms with Gasteiger partial charge in [-0.25, -0.2) is 0 Å². The summed E-state index contributed by atoms with van der Waals surface area (Å²) in [5, 5.41) is 11.5. The van der Waals surface area contributed by atoms with Crippen molar-refractivity contribution in [2.24, 2.45) is 5.73 Å². The first kappa shape index (κ1) is 13.6. The van der Waals surface area contributed by atoms with Crippen LogP contribution < -0.4 is 11.1 Å². The van der Waals surface area contributed by atoms with Crippen LogP contribution in [0.2, 0.25) is 0 Å². The van der Waals surface area contributed by atoms with E-state index < -0.39 is 6.04 Å². The summed E-state index contributed by atoms with van der Waals surface area (Å²) >= 11 is 3.25. The number of rotatable bonds is 4. The number of hydrogen-bond donors (Lipinski definition) is 2. The number of anilines is 1. The van der Waals surface area contributed by atoms with Crippen molar-refractivity contribution in [2.45, 2.75) is 6.04 Å². The van der Waals surface area contributed by atoms with Crippen molar-refractivity contribution in [1.82, 2.24) is 0 Å². The minimum Gasteiger partial charge on any atom is -0.383 e. The van der Waals surface area contributed by atoms with Gasteiger partial charge in [0, 0.05) is 11.6 Å². The molecular formula is C11H12BrN3O2. The smallest absolute Gasteiger partial charge is 0.243 e. The molecule has 3 N–H and O–H groups in total. The van der Waals surface area contributed by atoms with E-state index in [0.717, 1.165) is 4.47 Å². The topological polar surface area (TPSA) is 88.1 Å². The Labute approximate surface area is 108 Å². The summed E-state index contributed by atoms with van der Waals surface area (Å²) in [4.78, 5) is 11.6. The van der Waals surface area contributed by atoms with Gasteiger partial charge < -0.3 is 15.8 Å². The highest BCUT2D eigenvalue weighted by Crippen LogP contribution is 2.20. The van der Waals surface area contributed by atoms with Crippen LogP contribution in [-0.2, 0) is 9.53 Å². The van der Waals surface area contributed by atoms with E-state index in [-0.39, 0.29) is 12.5 Å². The number of carbonyl (C=O) groups excluding carboxylic acids is 1. The molecule has 1 aromatic carbocycles. The number of amides is 1. The Hall–Kier alpha value is -1.42. The minimum absolute atomic E-state index is 0.129. The third kappa shape index (κ3) is 3.82. The molecule has 0 radical (unpaired) electrons. The fraction of sp³-hybridized carbons (Fsp3) is 0.273. The van der Waals surface area contributed by atoms with E-state index >= 15 is 0 Å². The van der Waals surface area contributed by atoms with Gasteiger partial charge in [0.05, 0.1) is 17.9 Å². The number of ether oxygens (including phenoxy) is 1. The predicted molar refractivity (Wildman–Crippen MR) is 67.3 cm³/mol. The lowest BCUT2D eigenvalue weighted by Gasteiger charge is -2.12. The number of nitrogens with zero attached hydrogens (tertiary/aromatic N) is 1. The minimum atomic E-state index is -0.754. The molecule has 0 bridgehead atoms. The van der Waals surface area contributed by atoms with Crippen molar-refractivity contribution in [3.8, 4) is 6.07 Å². The van der Waals surface area contributed by atoms with Crippen LogP contribution in [0, 0.1) is 11.3 Å². The van der Waals surface area contributed by atoms with Crippen LogP contribution >= 0.6 is 15.9 Å². The predicted octanol–water partition coefficient (Wildman–Crippen LogP) is 1.23. The molecule has 0 aliphatic heterocycles. The van der Waals surface area contributed by atoms with Crippen molar-refractivity contribution in [3.05, 3.63) is 28.2 Å². The largest absolute Gasteiger partial charge is 0.383 e. The molecule has 0 saturated carbocycles. The third-order valence-corrected chi connectivity index (χ3v) is 2.54. The first-order chi connectivity index (χ1) is 8.08. The van der Waals surface area contributed by atoms with Gasteiger partial charge in [-0.1, -0.05) is 15.9 Å². The van der Waals surface area contributed by atoms with Crippen LogP contribution in [0.4, 0.5) is 5.69 Å². The Morgan fingerprint density at radius 3 is 3.00 bits per heavy atom. The van der Waals surface area contributed by atoms with E-state index in [1.54, 1.807) is 18.2 Å². The van der Waals surface area contributed by atoms with Crippen LogP contribution in [0.5, 0.6) is 0 Å². The van der Waals surface area contributed by atoms with Crippen molar-refractivity contribution in [3.63, 3.8) is 0 Å². The second-order valence-electron chi connectivity index (χ2n) is 3.35. The molecule has 0 heterocycles. The molecule has 0 aliphatic carbocycles. The Morgan fingerprint density at radius 2 is 2.41 bits per heavy atom. The Balaban J connectivity index is 2.82. The molecule has 17 heavy (non-hydrogen) atoms. The van der Waals surface area contributed by atoms with E-state index in [1.807, 2.05) is 6.07 Å². The van der Waals surface area contributed by atoms with Crippen LogP contribution in [0.3, 0.4) is 0 Å². The van der Waals surface area contributed by atoms with Gasteiger partial charge in [-0.15, -0.1) is 0 Å². The van der Waals surface area contributed by atoms with Gasteiger partial charge >= 0.3 is 0 Å². The Bertz CT molecular complexity index is 457. The van der Waals surface area contributed by atoms with Crippen molar-refractivity contribution >= 4 is 27.5 Å². The third-order valence-electron chi connectivity index (χ3n) is 2.04. The summed E-state index contributed by atoms with van der Waals surface area (Å²) in [6.07, 6.45) is 0. The summed E-state index contributed by atoms with van der Waals surface area (Å²) in [5.74, 6) is -0.384. The molecular weight excluding hydrogens is 286 g/mol. The molecule has 0 aliphatic rings. The van der Waals surface area contributed by atoms with Crippen LogP contribution in [0.1, 0.15) is 5.56 Å². The van der Waals surface area contributed by atoms with E-state index in [0.29, 0.717) is 11.3 Å². The second-order valence-corrected chi connectivity index (χ2v) is 4.27. The number of nitrogens with two attached hydrogens (primary N) is 1. The molecule has 90 valence electrons. The molecule has 1 unspecified atom stereocenters. The number of hydrogen-bond acceptors (Lipinski definition) is 4. The molecule has 1 rings (SSSR count). The second kappa shape index (κ2) is 6.35. The number of methoxy groups -OCH3 is 1. The fourth-order valence-electron chi connectivity index (χ4n) is 1.20. The zero-order valence-corrected chi connectivity index (χ0v) is 10.8. The highest BCUT2D eigenvalue weighted by molar-refractivity contribution is 9.10. The summed E-state index contributed by atoms with van der Waals surface area (Å²) in [6.45, 7) is 0.129. The number of halogens is 1. The van der Waals surface area contributed by atoms with Gasteiger partial charge in [-0.05, 0) is 18.2 Å². The van der Waals surface area contributed by atoms with Gasteiger partial charge in [0.15, 0.2) is 0 Å². The monoisotopic (exact) mass is 297 g/mol. The standard InChI is InChI=1S/C11H12BrN3O2/c1-17-6-9(14)11(16)15-10-3-2-8(12)4-7(10)5-13/h2-4,9H,6,14H2,1H3,(H,15,16). The van der Waals surface area contributed by atoms with Crippen molar-refractivity contribution in [2.75, 3.05) is 19.0 Å². The number of nitriles is 1. The molecule has 6 heteroatoms. The zero-order valence-electron chi connectivity index (χ0n) is 9.24. The van der Waals surface area contributed by atoms with E-state index in [1.165, 1.54) is 7.11 Å². The van der Waals surface area contributed by atoms with Gasteiger partial charge in [-0.2, -0.15) is 5.26 Å². The highest BCUT2D eigenvalue weighted by atomic mass is 79.9. The fourth-order valence-corrected chi connectivity index (χ4v) is 1.56. The van der Waals surface area contributed by atoms with Gasteiger partial charge in [0.1, 0.15) is 12.1 Å². The first-order valence-electron chi connectivity index (χ1n) is 4.83. The van der Waals surface area contributed by atoms with Gasteiger partial charge in [-0.3, -0.25) is 4.79 Å². The normalized spacial score (nSPS) is 11.6. The van der Waals surface area contributed by atoms with Crippen molar-refractivity contribution in [1.29, 1.82) is 5.26 Å². The van der Waals surface area contributed by atoms with E-state index in [4.69, 9.17) is 15.7 Å². The Kier molecular flexibility index (Phi) is 5.10. The van der Waals surface area contributed by atoms with Crippen LogP contribution in [0.25, 0.3) is 0 Å². The highest BCUT2D eigenvalue weighted by Gasteiger charge is 2.14. The lowest BCUT2D eigenvalue weighted by molar-refractivity contribution is -0.118. The van der Waals surface area contributed by atoms with E-state index in [9.17, 15) is 4.79 Å². The molecule has 0 aromatic heterocycles. The van der Waals surface area contributed by atoms with Crippen LogP contribution in [0.15, 0.2) is 22.7 Å². The quantitative estimate of drug-likeness (QED) is 0.875. The molecule has 1 amide bonds. The number of nitrogens with one attached hydrogen (secondary N) is 1. The average molecular weight is 298 g/mol. The lowest BCUT2D eigenvalue weighted by atomic mass is 10.2. The molecule has 0 saturated heterocycles. The van der Waals surface area contributed by atoms with Crippen molar-refractivity contribution < 1.29 is 9.53 Å². The molecule has 0 fully saturated rings. The average Bonchev–Trinajstić information content (AvgIpc) is 2.31. The summed E-state index contributed by atoms with van der Waals surface area (Å²) in [7, 11) is 1.47.